The van der Waals surface area contributed by atoms with Crippen LogP contribution in [0.5, 0.6) is 11.5 Å². The molecule has 35 heavy (non-hydrogen) atoms. The van der Waals surface area contributed by atoms with Gasteiger partial charge in [0.05, 0.1) is 13.2 Å². The lowest BCUT2D eigenvalue weighted by atomic mass is 10.1. The summed E-state index contributed by atoms with van der Waals surface area (Å²) in [5, 5.41) is 15.6. The Kier molecular flexibility index (Phi) is 12.6. The molecular weight excluding hydrogens is 494 g/mol. The first-order chi connectivity index (χ1) is 16.0. The van der Waals surface area contributed by atoms with Crippen LogP contribution in [0.15, 0.2) is 66.7 Å². The Bertz CT molecular complexity index is 1010. The largest absolute Gasteiger partial charge is 0.489 e. The van der Waals surface area contributed by atoms with Gasteiger partial charge >= 0.3 is 0 Å². The fourth-order valence-electron chi connectivity index (χ4n) is 3.04. The fourth-order valence-corrected chi connectivity index (χ4v) is 3.04. The highest BCUT2D eigenvalue weighted by Gasteiger charge is 2.11. The number of hydrogen-bond donors (Lipinski definition) is 2. The number of nitrogens with one attached hydrogen (secondary N) is 2. The monoisotopic (exact) mass is 522 g/mol. The molecule has 3 rings (SSSR count). The second-order valence-corrected chi connectivity index (χ2v) is 7.04. The Hall–Kier alpha value is -3.29. The lowest BCUT2D eigenvalue weighted by Gasteiger charge is -2.12. The van der Waals surface area contributed by atoms with Gasteiger partial charge in [0.1, 0.15) is 30.5 Å². The quantitative estimate of drug-likeness (QED) is 0.233. The van der Waals surface area contributed by atoms with Crippen molar-refractivity contribution in [2.45, 2.75) is 27.1 Å². The SMILES string of the molecule is CCOC(=N)c1ccc(OCc2cccc(COc3ccc(C(=N)OCC)cc3)c2F)cc1.Cl.Cl. The van der Waals surface area contributed by atoms with Crippen molar-refractivity contribution in [3.05, 3.63) is 94.8 Å². The molecule has 188 valence electrons. The van der Waals surface area contributed by atoms with Gasteiger partial charge in [0, 0.05) is 22.3 Å². The van der Waals surface area contributed by atoms with Crippen molar-refractivity contribution >= 4 is 36.6 Å². The minimum Gasteiger partial charge on any atom is -0.489 e. The molecule has 0 unspecified atom stereocenters. The van der Waals surface area contributed by atoms with Crippen molar-refractivity contribution in [1.29, 1.82) is 10.8 Å². The summed E-state index contributed by atoms with van der Waals surface area (Å²) in [5.74, 6) is 0.973. The lowest BCUT2D eigenvalue weighted by Crippen LogP contribution is -2.06. The second-order valence-electron chi connectivity index (χ2n) is 7.04. The molecule has 0 spiro atoms. The van der Waals surface area contributed by atoms with E-state index >= 15 is 0 Å². The highest BCUT2D eigenvalue weighted by molar-refractivity contribution is 5.92. The molecule has 0 aliphatic heterocycles. The standard InChI is InChI=1S/C26H27FN2O4.2ClH/c1-3-30-25(28)18-8-12-22(13-9-18)32-16-20-6-5-7-21(24(20)27)17-33-23-14-10-19(11-15-23)26(29)31-4-2;;/h5-15,28-29H,3-4,16-17H2,1-2H3;2*1H. The zero-order valence-electron chi connectivity index (χ0n) is 19.5. The van der Waals surface area contributed by atoms with Gasteiger partial charge in [-0.2, -0.15) is 0 Å². The van der Waals surface area contributed by atoms with Crippen molar-refractivity contribution in [2.24, 2.45) is 0 Å². The average Bonchev–Trinajstić information content (AvgIpc) is 2.83. The fraction of sp³-hybridized carbons (Fsp3) is 0.231. The molecule has 3 aromatic carbocycles. The van der Waals surface area contributed by atoms with Crippen LogP contribution in [0.1, 0.15) is 36.1 Å². The van der Waals surface area contributed by atoms with E-state index in [1.165, 1.54) is 0 Å². The van der Waals surface area contributed by atoms with E-state index in [0.717, 1.165) is 0 Å². The summed E-state index contributed by atoms with van der Waals surface area (Å²) in [7, 11) is 0. The summed E-state index contributed by atoms with van der Waals surface area (Å²) in [4.78, 5) is 0. The molecule has 9 heteroatoms. The third-order valence-corrected chi connectivity index (χ3v) is 4.76. The highest BCUT2D eigenvalue weighted by atomic mass is 35.5. The van der Waals surface area contributed by atoms with Gasteiger partial charge < -0.3 is 18.9 Å². The highest BCUT2D eigenvalue weighted by Crippen LogP contribution is 2.20. The van der Waals surface area contributed by atoms with Gasteiger partial charge in [0.2, 0.25) is 11.8 Å². The number of halogens is 3. The summed E-state index contributed by atoms with van der Waals surface area (Å²) >= 11 is 0. The van der Waals surface area contributed by atoms with E-state index in [0.29, 0.717) is 47.0 Å². The average molecular weight is 523 g/mol. The third kappa shape index (κ3) is 8.46. The second kappa shape index (κ2) is 14.9. The first kappa shape index (κ1) is 29.7. The molecule has 0 amide bonds. The van der Waals surface area contributed by atoms with E-state index in [-0.39, 0.29) is 55.6 Å². The number of ether oxygens (including phenoxy) is 4. The molecule has 2 N–H and O–H groups in total. The molecule has 0 fully saturated rings. The first-order valence-corrected chi connectivity index (χ1v) is 10.7. The van der Waals surface area contributed by atoms with Crippen LogP contribution in [-0.4, -0.2) is 25.0 Å². The van der Waals surface area contributed by atoms with Crippen LogP contribution in [0, 0.1) is 16.6 Å². The van der Waals surface area contributed by atoms with Gasteiger partial charge in [-0.05, 0) is 62.4 Å². The minimum absolute atomic E-state index is 0. The Morgan fingerprint density at radius 3 is 1.37 bits per heavy atom. The Morgan fingerprint density at radius 2 is 1.03 bits per heavy atom. The predicted octanol–water partition coefficient (Wildman–Crippen LogP) is 6.55. The summed E-state index contributed by atoms with van der Waals surface area (Å²) in [5.41, 5.74) is 2.14. The molecule has 0 heterocycles. The smallest absolute Gasteiger partial charge is 0.213 e. The molecule has 0 saturated heterocycles. The van der Waals surface area contributed by atoms with Crippen LogP contribution in [0.3, 0.4) is 0 Å². The van der Waals surface area contributed by atoms with E-state index in [2.05, 4.69) is 0 Å². The van der Waals surface area contributed by atoms with Crippen LogP contribution in [0.2, 0.25) is 0 Å². The maximum absolute atomic E-state index is 14.9. The van der Waals surface area contributed by atoms with Crippen LogP contribution >= 0.6 is 24.8 Å². The van der Waals surface area contributed by atoms with Gasteiger partial charge in [-0.15, -0.1) is 24.8 Å². The number of benzene rings is 3. The maximum Gasteiger partial charge on any atom is 0.213 e. The first-order valence-electron chi connectivity index (χ1n) is 10.7. The van der Waals surface area contributed by atoms with E-state index in [1.807, 2.05) is 13.8 Å². The zero-order chi connectivity index (χ0) is 23.6. The molecule has 3 aromatic rings. The molecule has 0 bridgehead atoms. The third-order valence-electron chi connectivity index (χ3n) is 4.76. The van der Waals surface area contributed by atoms with Crippen molar-refractivity contribution in [1.82, 2.24) is 0 Å². The van der Waals surface area contributed by atoms with Gasteiger partial charge in [-0.3, -0.25) is 10.8 Å². The summed E-state index contributed by atoms with van der Waals surface area (Å²) < 4.78 is 36.7. The van der Waals surface area contributed by atoms with Crippen molar-refractivity contribution in [2.75, 3.05) is 13.2 Å². The van der Waals surface area contributed by atoms with Crippen LogP contribution < -0.4 is 9.47 Å². The van der Waals surface area contributed by atoms with Gasteiger partial charge in [-0.25, -0.2) is 4.39 Å². The maximum atomic E-state index is 14.9. The van der Waals surface area contributed by atoms with Crippen LogP contribution in [0.25, 0.3) is 0 Å². The van der Waals surface area contributed by atoms with Gasteiger partial charge in [0.15, 0.2) is 0 Å². The summed E-state index contributed by atoms with van der Waals surface area (Å²) in [6.07, 6.45) is 0. The van der Waals surface area contributed by atoms with Crippen LogP contribution in [-0.2, 0) is 22.7 Å². The molecule has 0 aliphatic carbocycles. The summed E-state index contributed by atoms with van der Waals surface area (Å²) in [6.45, 7) is 4.64. The molecule has 6 nitrogen and oxygen atoms in total. The summed E-state index contributed by atoms with van der Waals surface area (Å²) in [6, 6.07) is 18.9. The van der Waals surface area contributed by atoms with E-state index in [4.69, 9.17) is 29.8 Å². The lowest BCUT2D eigenvalue weighted by molar-refractivity contribution is 0.287. The minimum atomic E-state index is -0.373. The number of hydrogen-bond acceptors (Lipinski definition) is 6. The van der Waals surface area contributed by atoms with E-state index in [1.54, 1.807) is 66.7 Å². The van der Waals surface area contributed by atoms with E-state index in [9.17, 15) is 4.39 Å². The molecule has 0 saturated carbocycles. The topological polar surface area (TPSA) is 84.6 Å². The molecule has 0 aliphatic rings. The molecule has 0 atom stereocenters. The van der Waals surface area contributed by atoms with Crippen molar-refractivity contribution in [3.63, 3.8) is 0 Å². The Labute approximate surface area is 217 Å². The molecular formula is C26H29Cl2FN2O4. The van der Waals surface area contributed by atoms with E-state index < -0.39 is 0 Å². The molecule has 0 aromatic heterocycles. The van der Waals surface area contributed by atoms with Gasteiger partial charge in [0.25, 0.3) is 0 Å². The Balaban J connectivity index is 0.00000306. The van der Waals surface area contributed by atoms with Crippen molar-refractivity contribution < 1.29 is 23.3 Å². The zero-order valence-corrected chi connectivity index (χ0v) is 21.1. The molecule has 0 radical (unpaired) electrons. The van der Waals surface area contributed by atoms with Crippen LogP contribution in [0.4, 0.5) is 4.39 Å². The normalized spacial score (nSPS) is 9.80. The van der Waals surface area contributed by atoms with Crippen molar-refractivity contribution in [3.8, 4) is 11.5 Å². The number of rotatable bonds is 10. The predicted molar refractivity (Wildman–Crippen MR) is 139 cm³/mol. The Morgan fingerprint density at radius 1 is 0.657 bits per heavy atom. The van der Waals surface area contributed by atoms with Gasteiger partial charge in [-0.1, -0.05) is 18.2 Å².